The zero-order valence-corrected chi connectivity index (χ0v) is 11.7. The molecule has 3 aromatic rings. The highest BCUT2D eigenvalue weighted by atomic mass is 15.3. The van der Waals surface area contributed by atoms with Crippen LogP contribution in [-0.4, -0.2) is 24.7 Å². The Morgan fingerprint density at radius 1 is 1.19 bits per heavy atom. The molecule has 1 unspecified atom stereocenters. The molecule has 0 radical (unpaired) electrons. The van der Waals surface area contributed by atoms with E-state index in [2.05, 4.69) is 42.2 Å². The molecule has 1 atom stereocenters. The fourth-order valence-corrected chi connectivity index (χ4v) is 2.85. The minimum atomic E-state index is 0.127. The minimum Gasteiger partial charge on any atom is -0.347 e. The SMILES string of the molecule is Cc1nnc(C2Cc3nc[nH]c3CN2)n1-c1ccccc1. The molecule has 106 valence electrons. The molecule has 2 aromatic heterocycles. The van der Waals surface area contributed by atoms with Crippen molar-refractivity contribution in [2.24, 2.45) is 0 Å². The summed E-state index contributed by atoms with van der Waals surface area (Å²) in [6, 6.07) is 10.3. The van der Waals surface area contributed by atoms with Crippen molar-refractivity contribution in [3.05, 3.63) is 59.7 Å². The molecular weight excluding hydrogens is 264 g/mol. The average Bonchev–Trinajstić information content (AvgIpc) is 3.13. The Morgan fingerprint density at radius 2 is 2.05 bits per heavy atom. The number of para-hydroxylation sites is 1. The summed E-state index contributed by atoms with van der Waals surface area (Å²) in [5.41, 5.74) is 3.36. The standard InChI is InChI=1S/C15H16N6/c1-10-19-20-15(21(10)11-5-3-2-4-6-11)13-7-12-14(8-16-13)18-9-17-12/h2-6,9,13,16H,7-8H2,1H3,(H,17,18). The summed E-state index contributed by atoms with van der Waals surface area (Å²) in [6.07, 6.45) is 2.58. The molecule has 1 aliphatic rings. The lowest BCUT2D eigenvalue weighted by Crippen LogP contribution is -2.30. The van der Waals surface area contributed by atoms with Gasteiger partial charge in [-0.3, -0.25) is 4.57 Å². The summed E-state index contributed by atoms with van der Waals surface area (Å²) in [4.78, 5) is 7.55. The molecule has 2 N–H and O–H groups in total. The zero-order chi connectivity index (χ0) is 14.2. The second-order valence-corrected chi connectivity index (χ2v) is 5.24. The molecule has 4 rings (SSSR count). The van der Waals surface area contributed by atoms with Crippen LogP contribution in [0.2, 0.25) is 0 Å². The van der Waals surface area contributed by atoms with E-state index in [4.69, 9.17) is 0 Å². The second kappa shape index (κ2) is 4.82. The quantitative estimate of drug-likeness (QED) is 0.749. The monoisotopic (exact) mass is 280 g/mol. The third kappa shape index (κ3) is 2.04. The number of nitrogens with one attached hydrogen (secondary N) is 2. The predicted octanol–water partition coefficient (Wildman–Crippen LogP) is 1.69. The number of aromatic nitrogens is 5. The van der Waals surface area contributed by atoms with Crippen LogP contribution in [0.15, 0.2) is 36.7 Å². The molecule has 6 nitrogen and oxygen atoms in total. The topological polar surface area (TPSA) is 71.4 Å². The molecule has 3 heterocycles. The van der Waals surface area contributed by atoms with Crippen molar-refractivity contribution in [2.45, 2.75) is 25.9 Å². The molecule has 0 fully saturated rings. The summed E-state index contributed by atoms with van der Waals surface area (Å²) >= 11 is 0. The number of fused-ring (bicyclic) bond motifs is 1. The summed E-state index contributed by atoms with van der Waals surface area (Å²) < 4.78 is 2.11. The maximum atomic E-state index is 4.39. The fraction of sp³-hybridized carbons (Fsp3) is 0.267. The Kier molecular flexibility index (Phi) is 2.82. The summed E-state index contributed by atoms with van der Waals surface area (Å²) in [7, 11) is 0. The smallest absolute Gasteiger partial charge is 0.155 e. The van der Waals surface area contributed by atoms with E-state index < -0.39 is 0 Å². The van der Waals surface area contributed by atoms with Crippen molar-refractivity contribution in [1.82, 2.24) is 30.0 Å². The highest BCUT2D eigenvalue weighted by molar-refractivity contribution is 5.35. The Morgan fingerprint density at radius 3 is 2.90 bits per heavy atom. The van der Waals surface area contributed by atoms with Gasteiger partial charge in [-0.2, -0.15) is 0 Å². The van der Waals surface area contributed by atoms with Gasteiger partial charge in [0.2, 0.25) is 0 Å². The van der Waals surface area contributed by atoms with Crippen molar-refractivity contribution in [1.29, 1.82) is 0 Å². The Balaban J connectivity index is 1.74. The van der Waals surface area contributed by atoms with Crippen LogP contribution in [-0.2, 0) is 13.0 Å². The molecule has 0 saturated carbocycles. The number of rotatable bonds is 2. The van der Waals surface area contributed by atoms with Crippen molar-refractivity contribution >= 4 is 0 Å². The first-order valence-electron chi connectivity index (χ1n) is 7.05. The first-order chi connectivity index (χ1) is 10.3. The second-order valence-electron chi connectivity index (χ2n) is 5.24. The lowest BCUT2D eigenvalue weighted by Gasteiger charge is -2.23. The number of aromatic amines is 1. The van der Waals surface area contributed by atoms with Crippen LogP contribution in [0.4, 0.5) is 0 Å². The normalized spacial score (nSPS) is 17.7. The van der Waals surface area contributed by atoms with E-state index >= 15 is 0 Å². The van der Waals surface area contributed by atoms with Gasteiger partial charge in [0.15, 0.2) is 5.82 Å². The van der Waals surface area contributed by atoms with Crippen LogP contribution in [0.3, 0.4) is 0 Å². The van der Waals surface area contributed by atoms with Crippen LogP contribution in [0.5, 0.6) is 0 Å². The van der Waals surface area contributed by atoms with Gasteiger partial charge in [-0.15, -0.1) is 10.2 Å². The van der Waals surface area contributed by atoms with E-state index in [0.717, 1.165) is 41.7 Å². The highest BCUT2D eigenvalue weighted by Gasteiger charge is 2.26. The summed E-state index contributed by atoms with van der Waals surface area (Å²) in [6.45, 7) is 2.76. The van der Waals surface area contributed by atoms with E-state index in [1.165, 1.54) is 0 Å². The van der Waals surface area contributed by atoms with Gasteiger partial charge in [-0.25, -0.2) is 4.98 Å². The highest BCUT2D eigenvalue weighted by Crippen LogP contribution is 2.25. The molecule has 0 aliphatic carbocycles. The zero-order valence-electron chi connectivity index (χ0n) is 11.7. The molecule has 1 aliphatic heterocycles. The number of H-pyrrole nitrogens is 1. The van der Waals surface area contributed by atoms with Crippen LogP contribution >= 0.6 is 0 Å². The van der Waals surface area contributed by atoms with E-state index in [9.17, 15) is 0 Å². The first-order valence-corrected chi connectivity index (χ1v) is 7.05. The Labute approximate surface area is 122 Å². The lowest BCUT2D eigenvalue weighted by atomic mass is 10.0. The number of benzene rings is 1. The summed E-state index contributed by atoms with van der Waals surface area (Å²) in [5, 5.41) is 12.1. The lowest BCUT2D eigenvalue weighted by molar-refractivity contribution is 0.461. The number of hydrogen-bond donors (Lipinski definition) is 2. The van der Waals surface area contributed by atoms with E-state index in [0.29, 0.717) is 0 Å². The van der Waals surface area contributed by atoms with E-state index in [1.54, 1.807) is 6.33 Å². The van der Waals surface area contributed by atoms with Crippen molar-refractivity contribution < 1.29 is 0 Å². The minimum absolute atomic E-state index is 0.127. The van der Waals surface area contributed by atoms with Gasteiger partial charge in [0.25, 0.3) is 0 Å². The van der Waals surface area contributed by atoms with Gasteiger partial charge in [0.05, 0.1) is 23.8 Å². The van der Waals surface area contributed by atoms with Gasteiger partial charge in [0, 0.05) is 18.7 Å². The van der Waals surface area contributed by atoms with Crippen molar-refractivity contribution in [3.8, 4) is 5.69 Å². The predicted molar refractivity (Wildman–Crippen MR) is 78.0 cm³/mol. The van der Waals surface area contributed by atoms with E-state index in [1.807, 2.05) is 25.1 Å². The molecule has 21 heavy (non-hydrogen) atoms. The maximum Gasteiger partial charge on any atom is 0.155 e. The third-order valence-corrected chi connectivity index (χ3v) is 3.91. The molecule has 0 saturated heterocycles. The summed E-state index contributed by atoms with van der Waals surface area (Å²) in [5.74, 6) is 1.83. The molecule has 6 heteroatoms. The maximum absolute atomic E-state index is 4.39. The molecular formula is C15H16N6. The Bertz CT molecular complexity index is 758. The molecule has 1 aromatic carbocycles. The largest absolute Gasteiger partial charge is 0.347 e. The van der Waals surface area contributed by atoms with Gasteiger partial charge in [-0.05, 0) is 19.1 Å². The van der Waals surface area contributed by atoms with Crippen molar-refractivity contribution in [3.63, 3.8) is 0 Å². The number of aryl methyl sites for hydroxylation is 1. The number of nitrogens with zero attached hydrogens (tertiary/aromatic N) is 4. The van der Waals surface area contributed by atoms with Gasteiger partial charge < -0.3 is 10.3 Å². The van der Waals surface area contributed by atoms with Crippen LogP contribution < -0.4 is 5.32 Å². The average molecular weight is 280 g/mol. The molecule has 0 bridgehead atoms. The third-order valence-electron chi connectivity index (χ3n) is 3.91. The van der Waals surface area contributed by atoms with Crippen LogP contribution in [0, 0.1) is 6.92 Å². The van der Waals surface area contributed by atoms with E-state index in [-0.39, 0.29) is 6.04 Å². The van der Waals surface area contributed by atoms with Gasteiger partial charge in [0.1, 0.15) is 5.82 Å². The van der Waals surface area contributed by atoms with Crippen LogP contribution in [0.1, 0.15) is 29.1 Å². The molecule has 0 amide bonds. The van der Waals surface area contributed by atoms with Crippen molar-refractivity contribution in [2.75, 3.05) is 0 Å². The fourth-order valence-electron chi connectivity index (χ4n) is 2.85. The number of imidazole rings is 1. The van der Waals surface area contributed by atoms with Gasteiger partial charge >= 0.3 is 0 Å². The first kappa shape index (κ1) is 12.3. The van der Waals surface area contributed by atoms with Gasteiger partial charge in [-0.1, -0.05) is 18.2 Å². The number of hydrogen-bond acceptors (Lipinski definition) is 4. The molecule has 0 spiro atoms. The van der Waals surface area contributed by atoms with Crippen LogP contribution in [0.25, 0.3) is 5.69 Å². The Hall–Kier alpha value is -2.47.